The average Bonchev–Trinajstić information content (AvgIpc) is 2.32. The van der Waals surface area contributed by atoms with Crippen LogP contribution in [0.2, 0.25) is 30.1 Å². The van der Waals surface area contributed by atoms with Gasteiger partial charge in [0, 0.05) is 55.9 Å². The standard InChI is InChI=1S/C23H16Cl2N4OS.C20H17Cl2N5OS.C20H16Cl2N4OS/c1-14(15-7-4-3-5-8-15)27-23(30)21-20(26-2)22(19-9-6-12-31-19)29(28-21)18-11-10-16(24)13-17(18)25;1-23-17-18(20(28)25-26-9-3-2-4-10-26)24-27(19(17)16-6-5-11-29-16)15-8-7-13(21)12-14(15)22;1-23-17-18(20(27)25-9-3-2-4-10-25)24-26(19(17)16-6-5-11-28-16)15-8-7-13(21)12-14(15)22/h3-14H,1H3,(H,27,30);5-8,11-12H,2-4,9-10H2,(H,25,28);5-8,11-12H,2-4,9-10H2/t14-;;/m0../s1. The molecule has 2 saturated heterocycles. The van der Waals surface area contributed by atoms with Crippen molar-refractivity contribution in [3.05, 3.63) is 225 Å². The van der Waals surface area contributed by atoms with Gasteiger partial charge < -0.3 is 10.2 Å². The summed E-state index contributed by atoms with van der Waals surface area (Å²) in [5.74, 6) is -1.02. The Hall–Kier alpha value is -7.81. The molecule has 2 aliphatic heterocycles. The second kappa shape index (κ2) is 29.0. The first-order valence-electron chi connectivity index (χ1n) is 27.4. The van der Waals surface area contributed by atoms with Gasteiger partial charge in [-0.05, 0) is 134 Å². The molecule has 12 rings (SSSR count). The Morgan fingerprint density at radius 3 is 1.26 bits per heavy atom. The maximum absolute atomic E-state index is 13.1. The predicted octanol–water partition coefficient (Wildman–Crippen LogP) is 18.6. The summed E-state index contributed by atoms with van der Waals surface area (Å²) in [6.07, 6.45) is 6.29. The molecule has 10 aromatic rings. The molecule has 8 heterocycles. The van der Waals surface area contributed by atoms with Crippen LogP contribution in [-0.4, -0.2) is 83.2 Å². The van der Waals surface area contributed by atoms with Gasteiger partial charge in [-0.2, -0.15) is 15.3 Å². The fourth-order valence-corrected chi connectivity index (χ4v) is 13.7. The summed E-state index contributed by atoms with van der Waals surface area (Å²) in [6.45, 7) is 28.1. The summed E-state index contributed by atoms with van der Waals surface area (Å²) in [6, 6.07) is 35.9. The maximum Gasteiger partial charge on any atom is 0.275 e. The zero-order valence-electron chi connectivity index (χ0n) is 46.6. The van der Waals surface area contributed by atoms with Crippen LogP contribution in [0.3, 0.4) is 0 Å². The molecule has 25 heteroatoms. The molecule has 4 aromatic carbocycles. The smallest absolute Gasteiger partial charge is 0.275 e. The zero-order chi connectivity index (χ0) is 62.0. The normalized spacial score (nSPS) is 13.4. The number of piperidine rings is 2. The first-order valence-corrected chi connectivity index (χ1v) is 32.3. The predicted molar refractivity (Wildman–Crippen MR) is 354 cm³/mol. The molecular weight excluding hydrogens is 1300 g/mol. The number of hydrogen-bond acceptors (Lipinski definition) is 10. The number of carbonyl (C=O) groups excluding carboxylic acids is 3. The third-order valence-corrected chi connectivity index (χ3v) is 18.4. The number of likely N-dealkylation sites (tertiary alicyclic amines) is 1. The van der Waals surface area contributed by atoms with Crippen molar-refractivity contribution in [2.24, 2.45) is 0 Å². The maximum atomic E-state index is 13.1. The van der Waals surface area contributed by atoms with E-state index in [4.69, 9.17) is 89.3 Å². The van der Waals surface area contributed by atoms with Crippen molar-refractivity contribution >= 4 is 138 Å². The van der Waals surface area contributed by atoms with E-state index in [2.05, 4.69) is 40.6 Å². The van der Waals surface area contributed by atoms with Gasteiger partial charge >= 0.3 is 0 Å². The summed E-state index contributed by atoms with van der Waals surface area (Å²) < 4.78 is 4.69. The largest absolute Gasteiger partial charge is 0.345 e. The summed E-state index contributed by atoms with van der Waals surface area (Å²) in [5.41, 5.74) is 8.10. The molecule has 0 radical (unpaired) electrons. The minimum absolute atomic E-state index is 0.0483. The number of nitrogens with zero attached hydrogens (tertiary/aromatic N) is 11. The third-order valence-electron chi connectivity index (χ3n) is 14.1. The van der Waals surface area contributed by atoms with E-state index in [9.17, 15) is 14.4 Å². The Kier molecular flexibility index (Phi) is 20.8. The van der Waals surface area contributed by atoms with Crippen LogP contribution < -0.4 is 10.7 Å². The molecule has 0 saturated carbocycles. The molecule has 16 nitrogen and oxygen atoms in total. The minimum atomic E-state index is -0.427. The van der Waals surface area contributed by atoms with Gasteiger partial charge in [-0.15, -0.1) is 34.0 Å². The van der Waals surface area contributed by atoms with Crippen LogP contribution in [0, 0.1) is 19.7 Å². The number of carbonyl (C=O) groups is 3. The summed E-state index contributed by atoms with van der Waals surface area (Å²) in [7, 11) is 0. The Bertz CT molecular complexity index is 4290. The third kappa shape index (κ3) is 14.0. The lowest BCUT2D eigenvalue weighted by Gasteiger charge is -2.26. The highest BCUT2D eigenvalue weighted by Crippen LogP contribution is 2.43. The molecule has 6 aromatic heterocycles. The van der Waals surface area contributed by atoms with E-state index < -0.39 is 5.91 Å². The summed E-state index contributed by atoms with van der Waals surface area (Å²) >= 11 is 41.8. The molecule has 2 fully saturated rings. The van der Waals surface area contributed by atoms with Crippen molar-refractivity contribution < 1.29 is 14.4 Å². The van der Waals surface area contributed by atoms with Gasteiger partial charge in [-0.25, -0.2) is 33.6 Å². The van der Waals surface area contributed by atoms with Gasteiger partial charge in [0.1, 0.15) is 0 Å². The Labute approximate surface area is 549 Å². The van der Waals surface area contributed by atoms with E-state index in [1.807, 2.05) is 94.8 Å². The first-order chi connectivity index (χ1) is 42.7. The molecule has 0 bridgehead atoms. The van der Waals surface area contributed by atoms with Gasteiger partial charge in [0.25, 0.3) is 17.7 Å². The van der Waals surface area contributed by atoms with Crippen LogP contribution in [0.1, 0.15) is 88.5 Å². The second-order valence-corrected chi connectivity index (χ2v) is 25.2. The quantitative estimate of drug-likeness (QED) is 0.116. The van der Waals surface area contributed by atoms with E-state index in [0.29, 0.717) is 77.4 Å². The minimum Gasteiger partial charge on any atom is -0.345 e. The van der Waals surface area contributed by atoms with Crippen molar-refractivity contribution in [1.29, 1.82) is 0 Å². The summed E-state index contributed by atoms with van der Waals surface area (Å²) in [4.78, 5) is 54.5. The Morgan fingerprint density at radius 2 is 0.875 bits per heavy atom. The molecule has 1 atom stereocenters. The van der Waals surface area contributed by atoms with Crippen LogP contribution >= 0.6 is 104 Å². The lowest BCUT2D eigenvalue weighted by Crippen LogP contribution is -2.45. The lowest BCUT2D eigenvalue weighted by molar-refractivity contribution is 0.0717. The van der Waals surface area contributed by atoms with Crippen LogP contribution in [0.25, 0.3) is 63.3 Å². The number of hydrazine groups is 1. The molecule has 0 spiro atoms. The average molecular weight is 1350 g/mol. The molecule has 2 aliphatic rings. The van der Waals surface area contributed by atoms with Crippen molar-refractivity contribution in [3.63, 3.8) is 0 Å². The number of thiophene rings is 3. The molecular formula is C63H49Cl6N13O3S3. The van der Waals surface area contributed by atoms with Crippen LogP contribution in [0.5, 0.6) is 0 Å². The van der Waals surface area contributed by atoms with E-state index in [0.717, 1.165) is 71.8 Å². The van der Waals surface area contributed by atoms with Crippen molar-refractivity contribution in [2.45, 2.75) is 51.5 Å². The zero-order valence-corrected chi connectivity index (χ0v) is 53.5. The van der Waals surface area contributed by atoms with E-state index in [1.165, 1.54) is 34.0 Å². The lowest BCUT2D eigenvalue weighted by atomic mass is 10.1. The van der Waals surface area contributed by atoms with Gasteiger partial charge in [-0.3, -0.25) is 19.8 Å². The second-order valence-electron chi connectivity index (χ2n) is 19.9. The van der Waals surface area contributed by atoms with Crippen molar-refractivity contribution in [1.82, 2.24) is 50.0 Å². The van der Waals surface area contributed by atoms with Gasteiger partial charge in [-0.1, -0.05) is 125 Å². The van der Waals surface area contributed by atoms with Gasteiger partial charge in [0.15, 0.2) is 17.1 Å². The van der Waals surface area contributed by atoms with Crippen molar-refractivity contribution in [2.75, 3.05) is 26.2 Å². The highest BCUT2D eigenvalue weighted by atomic mass is 35.5. The topological polar surface area (TPSA) is 148 Å². The number of amides is 3. The fourth-order valence-electron chi connectivity index (χ4n) is 9.92. The highest BCUT2D eigenvalue weighted by molar-refractivity contribution is 7.14. The Balaban J connectivity index is 0.000000146. The van der Waals surface area contributed by atoms with Gasteiger partial charge in [0.05, 0.1) is 75.0 Å². The molecule has 0 unspecified atom stereocenters. The molecule has 88 heavy (non-hydrogen) atoms. The SMILES string of the molecule is [C-]#[N+]c1c(C(=O)N2CCCCC2)nn(-c2ccc(Cl)cc2Cl)c1-c1cccs1.[C-]#[N+]c1c(C(=O)NN2CCCCC2)nn(-c2ccc(Cl)cc2Cl)c1-c1cccs1.[C-]#[N+]c1c(C(=O)N[C@@H](C)c2ccccc2)nn(-c2ccc(Cl)cc2Cl)c1-c1cccs1. The van der Waals surface area contributed by atoms with Crippen LogP contribution in [0.15, 0.2) is 137 Å². The molecule has 2 N–H and O–H groups in total. The van der Waals surface area contributed by atoms with E-state index >= 15 is 0 Å². The summed E-state index contributed by atoms with van der Waals surface area (Å²) in [5, 5.41) is 26.8. The molecule has 3 amide bonds. The molecule has 444 valence electrons. The number of aromatic nitrogens is 6. The van der Waals surface area contributed by atoms with Gasteiger partial charge in [0.2, 0.25) is 17.1 Å². The molecule has 0 aliphatic carbocycles. The highest BCUT2D eigenvalue weighted by Gasteiger charge is 2.32. The number of benzene rings is 4. The van der Waals surface area contributed by atoms with E-state index in [1.54, 1.807) is 73.5 Å². The number of rotatable bonds is 12. The number of hydrogen-bond donors (Lipinski definition) is 2. The van der Waals surface area contributed by atoms with Crippen LogP contribution in [-0.2, 0) is 0 Å². The van der Waals surface area contributed by atoms with E-state index in [-0.39, 0.29) is 52.0 Å². The van der Waals surface area contributed by atoms with Crippen molar-refractivity contribution in [3.8, 4) is 48.8 Å². The number of nitrogens with one attached hydrogen (secondary N) is 2. The first kappa shape index (κ1) is 63.2. The fraction of sp³-hybridized carbons (Fsp3) is 0.190. The monoisotopic (exact) mass is 1340 g/mol. The number of halogens is 6. The Morgan fingerprint density at radius 1 is 0.489 bits per heavy atom. The van der Waals surface area contributed by atoms with Crippen LogP contribution in [0.4, 0.5) is 17.1 Å².